The molecule has 0 saturated carbocycles. The van der Waals surface area contributed by atoms with Crippen molar-refractivity contribution >= 4 is 34.4 Å². The lowest BCUT2D eigenvalue weighted by atomic mass is 9.69. The number of benzene rings is 3. The Balaban J connectivity index is 1.35. The second kappa shape index (κ2) is 9.38. The third-order valence-corrected chi connectivity index (χ3v) is 10.7. The fraction of sp³-hybridized carbons (Fsp3) is 0.333. The third-order valence-electron chi connectivity index (χ3n) is 8.74. The van der Waals surface area contributed by atoms with Crippen molar-refractivity contribution < 1.29 is 8.85 Å². The first-order valence-corrected chi connectivity index (χ1v) is 21.7. The van der Waals surface area contributed by atoms with Crippen LogP contribution in [0.15, 0.2) is 78.4 Å². The molecule has 7 rings (SSSR count). The fourth-order valence-electron chi connectivity index (χ4n) is 7.32. The summed E-state index contributed by atoms with van der Waals surface area (Å²) in [4.78, 5) is 0. The van der Waals surface area contributed by atoms with Crippen LogP contribution in [0.2, 0.25) is 39.3 Å². The largest absolute Gasteiger partial charge is 0.410 e. The lowest BCUT2D eigenvalue weighted by Crippen LogP contribution is -2.40. The highest BCUT2D eigenvalue weighted by Crippen LogP contribution is 2.49. The Morgan fingerprint density at radius 2 is 1.27 bits per heavy atom. The average Bonchev–Trinajstić information content (AvgIpc) is 2.90. The van der Waals surface area contributed by atoms with Crippen molar-refractivity contribution in [3.8, 4) is 11.1 Å². The molecule has 3 aromatic rings. The Hall–Kier alpha value is -2.77. The van der Waals surface area contributed by atoms with Crippen LogP contribution in [0.5, 0.6) is 0 Å². The zero-order valence-corrected chi connectivity index (χ0v) is 26.6. The normalized spacial score (nSPS) is 24.4. The molecule has 4 atom stereocenters. The van der Waals surface area contributed by atoms with Gasteiger partial charge in [0.25, 0.3) is 0 Å². The van der Waals surface area contributed by atoms with Gasteiger partial charge in [-0.05, 0) is 95.1 Å². The molecule has 204 valence electrons. The van der Waals surface area contributed by atoms with Crippen molar-refractivity contribution in [1.29, 1.82) is 0 Å². The van der Waals surface area contributed by atoms with Crippen molar-refractivity contribution in [2.75, 3.05) is 0 Å². The van der Waals surface area contributed by atoms with E-state index in [0.717, 1.165) is 12.8 Å². The zero-order chi connectivity index (χ0) is 27.8. The summed E-state index contributed by atoms with van der Waals surface area (Å²) in [6, 6.07) is 22.5. The van der Waals surface area contributed by atoms with Gasteiger partial charge in [-0.25, -0.2) is 0 Å². The maximum absolute atomic E-state index is 6.81. The minimum Gasteiger partial charge on any atom is -0.410 e. The van der Waals surface area contributed by atoms with Gasteiger partial charge >= 0.3 is 0 Å². The van der Waals surface area contributed by atoms with E-state index in [1.165, 1.54) is 49.4 Å². The van der Waals surface area contributed by atoms with E-state index in [9.17, 15) is 0 Å². The van der Waals surface area contributed by atoms with E-state index in [1.807, 2.05) is 0 Å². The lowest BCUT2D eigenvalue weighted by Gasteiger charge is -2.39. The molecular formula is C36H40O2Si2. The van der Waals surface area contributed by atoms with E-state index in [0.29, 0.717) is 11.8 Å². The number of allylic oxidation sites excluding steroid dienone is 3. The predicted octanol–water partition coefficient (Wildman–Crippen LogP) is 7.93. The molecule has 4 heteroatoms. The van der Waals surface area contributed by atoms with E-state index in [1.54, 1.807) is 5.57 Å². The maximum Gasteiger partial charge on any atom is 0.184 e. The van der Waals surface area contributed by atoms with Gasteiger partial charge in [0.15, 0.2) is 16.6 Å². The summed E-state index contributed by atoms with van der Waals surface area (Å²) in [5, 5.41) is 2.78. The molecular weight excluding hydrogens is 521 g/mol. The Morgan fingerprint density at radius 3 is 1.98 bits per heavy atom. The first-order chi connectivity index (χ1) is 19.1. The van der Waals surface area contributed by atoms with Gasteiger partial charge in [-0.3, -0.25) is 0 Å². The summed E-state index contributed by atoms with van der Waals surface area (Å²) >= 11 is 0. The quantitative estimate of drug-likeness (QED) is 0.302. The number of hydrogen-bond acceptors (Lipinski definition) is 2. The van der Waals surface area contributed by atoms with Crippen LogP contribution in [0.4, 0.5) is 0 Å². The van der Waals surface area contributed by atoms with E-state index in [4.69, 9.17) is 8.85 Å². The first-order valence-electron chi connectivity index (χ1n) is 14.9. The summed E-state index contributed by atoms with van der Waals surface area (Å²) in [7, 11) is -3.42. The zero-order valence-electron chi connectivity index (χ0n) is 24.6. The molecule has 3 aromatic carbocycles. The predicted molar refractivity (Wildman–Crippen MR) is 172 cm³/mol. The van der Waals surface area contributed by atoms with Crippen LogP contribution in [0.25, 0.3) is 28.9 Å². The van der Waals surface area contributed by atoms with Crippen molar-refractivity contribution in [3.05, 3.63) is 111 Å². The van der Waals surface area contributed by atoms with Crippen molar-refractivity contribution in [2.24, 2.45) is 11.8 Å². The number of fused-ring (bicyclic) bond motifs is 9. The summed E-state index contributed by atoms with van der Waals surface area (Å²) in [5.41, 5.74) is 11.2. The molecule has 0 radical (unpaired) electrons. The Kier molecular flexibility index (Phi) is 6.14. The van der Waals surface area contributed by atoms with E-state index >= 15 is 0 Å². The van der Waals surface area contributed by atoms with E-state index in [-0.39, 0.29) is 12.2 Å². The Bertz CT molecular complexity index is 1700. The Labute approximate surface area is 241 Å². The standard InChI is InChI=1S/C36H40O2Si2/c1-39(2,3)37-35-21-33-27(25-11-7-9-13-29(25)35)17-15-23-20-32-24(19-31(23)33)16-18-28-26-12-8-10-14-30(26)36(22-34(28)32)38-40(4,5)6/h7-20,23,31,35-36H,21-22H2,1-6H3. The molecule has 0 bridgehead atoms. The topological polar surface area (TPSA) is 18.5 Å². The molecule has 0 fully saturated rings. The second-order valence-electron chi connectivity index (χ2n) is 13.8. The van der Waals surface area contributed by atoms with Gasteiger partial charge < -0.3 is 8.85 Å². The molecule has 0 spiro atoms. The van der Waals surface area contributed by atoms with Crippen LogP contribution in [0.1, 0.15) is 40.9 Å². The van der Waals surface area contributed by atoms with Gasteiger partial charge in [0.2, 0.25) is 0 Å². The molecule has 0 aliphatic heterocycles. The molecule has 2 nitrogen and oxygen atoms in total. The van der Waals surface area contributed by atoms with Crippen molar-refractivity contribution in [2.45, 2.75) is 64.3 Å². The highest BCUT2D eigenvalue weighted by molar-refractivity contribution is 6.70. The molecule has 40 heavy (non-hydrogen) atoms. The third kappa shape index (κ3) is 4.55. The van der Waals surface area contributed by atoms with Crippen LogP contribution in [-0.2, 0) is 15.3 Å². The molecule has 4 unspecified atom stereocenters. The van der Waals surface area contributed by atoms with E-state index < -0.39 is 16.6 Å². The number of hydrogen-bond donors (Lipinski definition) is 0. The smallest absolute Gasteiger partial charge is 0.184 e. The molecule has 0 aromatic heterocycles. The monoisotopic (exact) mass is 560 g/mol. The lowest BCUT2D eigenvalue weighted by molar-refractivity contribution is 0.192. The van der Waals surface area contributed by atoms with Crippen LogP contribution < -0.4 is 10.4 Å². The van der Waals surface area contributed by atoms with Gasteiger partial charge in [0, 0.05) is 18.3 Å². The molecule has 0 amide bonds. The summed E-state index contributed by atoms with van der Waals surface area (Å²) in [6.45, 7) is 13.8. The molecule has 0 heterocycles. The minimum absolute atomic E-state index is 0.124. The van der Waals surface area contributed by atoms with Crippen LogP contribution >= 0.6 is 0 Å². The van der Waals surface area contributed by atoms with Gasteiger partial charge in [-0.1, -0.05) is 90.5 Å². The highest BCUT2D eigenvalue weighted by Gasteiger charge is 2.37. The molecule has 4 aliphatic rings. The maximum atomic E-state index is 6.81. The van der Waals surface area contributed by atoms with Crippen LogP contribution in [0.3, 0.4) is 0 Å². The second-order valence-corrected chi connectivity index (χ2v) is 22.8. The molecule has 0 N–H and O–H groups in total. The highest BCUT2D eigenvalue weighted by atomic mass is 28.4. The van der Waals surface area contributed by atoms with Crippen molar-refractivity contribution in [1.82, 2.24) is 0 Å². The van der Waals surface area contributed by atoms with Gasteiger partial charge in [-0.2, -0.15) is 0 Å². The SMILES string of the molecule is C[Si](C)(C)OC1CC2=C(C=CC3C=c4c5c(ccc4=CC23)-c2ccccc2C(O[Si](C)(C)C)C5)c2ccccc21. The molecule has 4 aliphatic carbocycles. The van der Waals surface area contributed by atoms with Gasteiger partial charge in [-0.15, -0.1) is 0 Å². The van der Waals surface area contributed by atoms with Crippen molar-refractivity contribution in [3.63, 3.8) is 0 Å². The first kappa shape index (κ1) is 26.2. The Morgan fingerprint density at radius 1 is 0.650 bits per heavy atom. The minimum atomic E-state index is -1.71. The van der Waals surface area contributed by atoms with E-state index in [2.05, 4.69) is 124 Å². The summed E-state index contributed by atoms with van der Waals surface area (Å²) < 4.78 is 13.6. The summed E-state index contributed by atoms with van der Waals surface area (Å²) in [5.74, 6) is 0.737. The average molecular weight is 561 g/mol. The molecule has 0 saturated heterocycles. The number of rotatable bonds is 4. The van der Waals surface area contributed by atoms with Crippen LogP contribution in [0, 0.1) is 11.8 Å². The van der Waals surface area contributed by atoms with Gasteiger partial charge in [0.05, 0.1) is 12.2 Å². The summed E-state index contributed by atoms with van der Waals surface area (Å²) in [6.07, 6.45) is 12.2. The van der Waals surface area contributed by atoms with Gasteiger partial charge in [0.1, 0.15) is 0 Å². The fourth-order valence-corrected chi connectivity index (χ4v) is 9.45. The van der Waals surface area contributed by atoms with Crippen LogP contribution in [-0.4, -0.2) is 16.6 Å².